The van der Waals surface area contributed by atoms with E-state index in [9.17, 15) is 9.59 Å². The second-order valence-electron chi connectivity index (χ2n) is 3.47. The van der Waals surface area contributed by atoms with Crippen molar-refractivity contribution < 1.29 is 19.8 Å². The van der Waals surface area contributed by atoms with Gasteiger partial charge in [-0.25, -0.2) is 9.59 Å². The van der Waals surface area contributed by atoms with Crippen LogP contribution in [0.3, 0.4) is 0 Å². The average molecular weight is 274 g/mol. The van der Waals surface area contributed by atoms with Gasteiger partial charge in [0.2, 0.25) is 0 Å². The molecule has 0 aromatic carbocycles. The molecule has 0 aliphatic rings. The summed E-state index contributed by atoms with van der Waals surface area (Å²) in [5.41, 5.74) is -4.90. The highest BCUT2D eigenvalue weighted by molar-refractivity contribution is 5.82. The fraction of sp³-hybridized carbons (Fsp3) is 0.400. The predicted octanol–water partition coefficient (Wildman–Crippen LogP) is -0.325. The maximum absolute atomic E-state index is 10.7. The summed E-state index contributed by atoms with van der Waals surface area (Å²) < 4.78 is 0. The number of rotatable bonds is 6. The lowest BCUT2D eigenvalue weighted by molar-refractivity contribution is -0.143. The minimum atomic E-state index is -2.45. The highest BCUT2D eigenvalue weighted by Crippen LogP contribution is 2.18. The Balaban J connectivity index is 5.05. The fourth-order valence-corrected chi connectivity index (χ4v) is 0.830. The van der Waals surface area contributed by atoms with Gasteiger partial charge in [-0.15, -0.1) is 0 Å². The number of azo groups is 1. The summed E-state index contributed by atoms with van der Waals surface area (Å²) in [5.74, 6) is -3.46. The molecule has 0 spiro atoms. The third-order valence-electron chi connectivity index (χ3n) is 2.21. The van der Waals surface area contributed by atoms with E-state index in [1.165, 1.54) is 24.3 Å². The van der Waals surface area contributed by atoms with Crippen LogP contribution in [0.4, 0.5) is 0 Å². The number of hydrogen-bond donors (Lipinski definition) is 2. The van der Waals surface area contributed by atoms with Crippen molar-refractivity contribution in [1.29, 1.82) is 21.0 Å². The van der Waals surface area contributed by atoms with Crippen LogP contribution in [-0.4, -0.2) is 35.2 Å². The smallest absolute Gasteiger partial charge is 0.340 e. The van der Waals surface area contributed by atoms with Gasteiger partial charge >= 0.3 is 11.9 Å². The largest absolute Gasteiger partial charge is 0.479 e. The number of carbonyl (C=O) groups is 2. The number of carboxylic acids is 2. The lowest BCUT2D eigenvalue weighted by atomic mass is 9.92. The molecule has 20 heavy (non-hydrogen) atoms. The van der Waals surface area contributed by atoms with E-state index in [0.29, 0.717) is 0 Å². The summed E-state index contributed by atoms with van der Waals surface area (Å²) in [6, 6.07) is 5.01. The molecule has 0 fully saturated rings. The highest BCUT2D eigenvalue weighted by Gasteiger charge is 2.41. The zero-order chi connectivity index (χ0) is 15.8. The van der Waals surface area contributed by atoms with Crippen LogP contribution in [0.2, 0.25) is 0 Å². The molecule has 0 radical (unpaired) electrons. The molecule has 0 saturated heterocycles. The Kier molecular flexibility index (Phi) is 5.31. The lowest BCUT2D eigenvalue weighted by Crippen LogP contribution is -2.32. The zero-order valence-electron chi connectivity index (χ0n) is 9.81. The number of nitriles is 4. The first-order chi connectivity index (χ1) is 9.34. The summed E-state index contributed by atoms with van der Waals surface area (Å²) in [4.78, 5) is 21.5. The maximum atomic E-state index is 10.7. The second kappa shape index (κ2) is 6.44. The van der Waals surface area contributed by atoms with E-state index in [4.69, 9.17) is 31.3 Å². The Morgan fingerprint density at radius 1 is 0.800 bits per heavy atom. The van der Waals surface area contributed by atoms with Crippen LogP contribution >= 0.6 is 0 Å². The van der Waals surface area contributed by atoms with E-state index in [1.807, 2.05) is 0 Å². The number of hydrogen-bond acceptors (Lipinski definition) is 8. The minimum absolute atomic E-state index is 0.845. The topological polar surface area (TPSA) is 194 Å². The molecule has 0 unspecified atom stereocenters. The van der Waals surface area contributed by atoms with Gasteiger partial charge in [-0.1, -0.05) is 0 Å². The molecule has 0 aliphatic carbocycles. The standard InChI is InChI=1S/C10H6N6O4/c11-1-9(2-12,7(17)18)5-15-16-6-10(3-13,4-14)8(19)20/h5-6H2,(H,17,18)(H,19,20). The fourth-order valence-electron chi connectivity index (χ4n) is 0.830. The summed E-state index contributed by atoms with van der Waals surface area (Å²) in [7, 11) is 0. The molecule has 100 valence electrons. The molecular weight excluding hydrogens is 268 g/mol. The van der Waals surface area contributed by atoms with Gasteiger partial charge in [0, 0.05) is 0 Å². The first-order valence-corrected chi connectivity index (χ1v) is 4.79. The summed E-state index contributed by atoms with van der Waals surface area (Å²) in [5, 5.41) is 58.4. The number of aliphatic carboxylic acids is 2. The summed E-state index contributed by atoms with van der Waals surface area (Å²) in [6.07, 6.45) is 0. The third-order valence-corrected chi connectivity index (χ3v) is 2.21. The molecular formula is C10H6N6O4. The molecule has 10 nitrogen and oxygen atoms in total. The molecule has 0 atom stereocenters. The molecule has 2 N–H and O–H groups in total. The Bertz CT molecular complexity index is 530. The van der Waals surface area contributed by atoms with E-state index in [1.54, 1.807) is 0 Å². The third kappa shape index (κ3) is 3.04. The molecule has 0 aromatic rings. The number of nitrogens with zero attached hydrogens (tertiary/aromatic N) is 6. The SMILES string of the molecule is N#CC(C#N)(CN=NCC(C#N)(C#N)C(=O)O)C(=O)O. The van der Waals surface area contributed by atoms with Crippen molar-refractivity contribution in [3.63, 3.8) is 0 Å². The first-order valence-electron chi connectivity index (χ1n) is 4.79. The quantitative estimate of drug-likeness (QED) is 0.614. The van der Waals surface area contributed by atoms with Gasteiger partial charge in [0.15, 0.2) is 0 Å². The lowest BCUT2D eigenvalue weighted by Gasteiger charge is -2.10. The molecule has 0 bridgehead atoms. The van der Waals surface area contributed by atoms with Crippen LogP contribution in [0.5, 0.6) is 0 Å². The van der Waals surface area contributed by atoms with Crippen LogP contribution in [0.15, 0.2) is 10.2 Å². The molecule has 0 aromatic heterocycles. The predicted molar refractivity (Wildman–Crippen MR) is 57.2 cm³/mol. The van der Waals surface area contributed by atoms with Gasteiger partial charge in [-0.3, -0.25) is 0 Å². The van der Waals surface area contributed by atoms with E-state index in [0.717, 1.165) is 0 Å². The monoisotopic (exact) mass is 274 g/mol. The first kappa shape index (κ1) is 16.5. The molecule has 0 saturated carbocycles. The van der Waals surface area contributed by atoms with E-state index >= 15 is 0 Å². The Hall–Kier alpha value is -3.50. The van der Waals surface area contributed by atoms with Crippen LogP contribution in [0.1, 0.15) is 0 Å². The molecule has 0 aliphatic heterocycles. The Labute approximate surface area is 112 Å². The molecule has 10 heteroatoms. The van der Waals surface area contributed by atoms with Crippen molar-refractivity contribution in [2.45, 2.75) is 0 Å². The average Bonchev–Trinajstić information content (AvgIpc) is 2.43. The number of carboxylic acid groups (broad SMARTS) is 2. The van der Waals surface area contributed by atoms with Gasteiger partial charge in [0.1, 0.15) is 13.1 Å². The Morgan fingerprint density at radius 2 is 1.05 bits per heavy atom. The van der Waals surface area contributed by atoms with Gasteiger partial charge < -0.3 is 10.2 Å². The summed E-state index contributed by atoms with van der Waals surface area (Å²) >= 11 is 0. The van der Waals surface area contributed by atoms with E-state index in [-0.39, 0.29) is 0 Å². The second-order valence-corrected chi connectivity index (χ2v) is 3.47. The van der Waals surface area contributed by atoms with Crippen molar-refractivity contribution >= 4 is 11.9 Å². The zero-order valence-corrected chi connectivity index (χ0v) is 9.81. The molecule has 0 rings (SSSR count). The van der Waals surface area contributed by atoms with Gasteiger partial charge in [0.25, 0.3) is 10.8 Å². The highest BCUT2D eigenvalue weighted by atomic mass is 16.4. The normalized spacial score (nSPS) is 10.8. The van der Waals surface area contributed by atoms with Gasteiger partial charge in [0.05, 0.1) is 24.3 Å². The van der Waals surface area contributed by atoms with Crippen LogP contribution in [0, 0.1) is 56.2 Å². The van der Waals surface area contributed by atoms with Crippen molar-refractivity contribution in [3.8, 4) is 24.3 Å². The van der Waals surface area contributed by atoms with Crippen LogP contribution in [-0.2, 0) is 9.59 Å². The van der Waals surface area contributed by atoms with Gasteiger partial charge in [-0.05, 0) is 0 Å². The van der Waals surface area contributed by atoms with Crippen molar-refractivity contribution in [2.75, 3.05) is 13.1 Å². The maximum Gasteiger partial charge on any atom is 0.340 e. The minimum Gasteiger partial charge on any atom is -0.479 e. The molecule has 0 amide bonds. The van der Waals surface area contributed by atoms with Gasteiger partial charge in [-0.2, -0.15) is 31.3 Å². The Morgan fingerprint density at radius 3 is 1.20 bits per heavy atom. The molecule has 0 heterocycles. The van der Waals surface area contributed by atoms with E-state index in [2.05, 4.69) is 10.2 Å². The summed E-state index contributed by atoms with van der Waals surface area (Å²) in [6.45, 7) is -1.69. The van der Waals surface area contributed by atoms with E-state index < -0.39 is 35.9 Å². The van der Waals surface area contributed by atoms with Crippen molar-refractivity contribution in [3.05, 3.63) is 0 Å². The van der Waals surface area contributed by atoms with Crippen LogP contribution in [0.25, 0.3) is 0 Å². The van der Waals surface area contributed by atoms with Crippen molar-refractivity contribution in [1.82, 2.24) is 0 Å². The van der Waals surface area contributed by atoms with Crippen molar-refractivity contribution in [2.24, 2.45) is 21.1 Å². The van der Waals surface area contributed by atoms with Crippen LogP contribution < -0.4 is 0 Å².